The van der Waals surface area contributed by atoms with E-state index < -0.39 is 24.1 Å². The molecule has 1 amide bonds. The van der Waals surface area contributed by atoms with Crippen LogP contribution in [-0.2, 0) is 11.3 Å². The Morgan fingerprint density at radius 1 is 1.17 bits per heavy atom. The number of carboxylic acid groups (broad SMARTS) is 3. The summed E-state index contributed by atoms with van der Waals surface area (Å²) in [6.07, 6.45) is -1.35. The van der Waals surface area contributed by atoms with Crippen molar-refractivity contribution in [3.63, 3.8) is 0 Å². The molecule has 94 valence electrons. The van der Waals surface area contributed by atoms with Crippen molar-refractivity contribution < 1.29 is 29.7 Å². The smallest absolute Gasteiger partial charge is 0.408 e. The number of fused-ring (bicyclic) bond motifs is 1. The second-order valence-electron chi connectivity index (χ2n) is 3.87. The van der Waals surface area contributed by atoms with Crippen LogP contribution in [-0.4, -0.2) is 38.3 Å². The lowest BCUT2D eigenvalue weighted by molar-refractivity contribution is -0.142. The fraction of sp³-hybridized carbons (Fsp3) is 0.182. The number of aromatic carboxylic acids is 1. The van der Waals surface area contributed by atoms with Gasteiger partial charge < -0.3 is 15.3 Å². The van der Waals surface area contributed by atoms with Crippen molar-refractivity contribution in [1.82, 2.24) is 4.90 Å². The van der Waals surface area contributed by atoms with E-state index in [4.69, 9.17) is 15.3 Å². The molecule has 7 nitrogen and oxygen atoms in total. The summed E-state index contributed by atoms with van der Waals surface area (Å²) >= 11 is 0. The summed E-state index contributed by atoms with van der Waals surface area (Å²) in [5.41, 5.74) is 0.659. The molecular formula is C11H9NO6. The average Bonchev–Trinajstić information content (AvgIpc) is 2.66. The van der Waals surface area contributed by atoms with Crippen LogP contribution in [0.1, 0.15) is 27.5 Å². The van der Waals surface area contributed by atoms with Crippen LogP contribution in [0.25, 0.3) is 0 Å². The van der Waals surface area contributed by atoms with Crippen LogP contribution in [0.2, 0.25) is 0 Å². The van der Waals surface area contributed by atoms with Crippen molar-refractivity contribution in [1.29, 1.82) is 0 Å². The molecule has 0 fully saturated rings. The second-order valence-corrected chi connectivity index (χ2v) is 3.87. The Balaban J connectivity index is 2.52. The topological polar surface area (TPSA) is 115 Å². The average molecular weight is 251 g/mol. The highest BCUT2D eigenvalue weighted by atomic mass is 16.4. The SMILES string of the molecule is O=C(O)c1ccc2c(c1)C(C(=O)O)N(C(=O)O)C2. The van der Waals surface area contributed by atoms with E-state index in [1.165, 1.54) is 18.2 Å². The van der Waals surface area contributed by atoms with E-state index in [9.17, 15) is 14.4 Å². The standard InChI is InChI=1S/C11H9NO6/c13-9(14)5-1-2-6-4-12(11(17)18)8(10(15)16)7(6)3-5/h1-3,8H,4H2,(H,13,14)(H,15,16)(H,17,18). The third-order valence-corrected chi connectivity index (χ3v) is 2.82. The minimum atomic E-state index is -1.35. The fourth-order valence-corrected chi connectivity index (χ4v) is 2.01. The monoisotopic (exact) mass is 251 g/mol. The van der Waals surface area contributed by atoms with Crippen LogP contribution >= 0.6 is 0 Å². The summed E-state index contributed by atoms with van der Waals surface area (Å²) in [5, 5.41) is 26.8. The third kappa shape index (κ3) is 1.75. The number of carboxylic acids is 2. The van der Waals surface area contributed by atoms with Gasteiger partial charge in [-0.15, -0.1) is 0 Å². The predicted octanol–water partition coefficient (Wildman–Crippen LogP) is 1.00. The predicted molar refractivity (Wildman–Crippen MR) is 57.3 cm³/mol. The molecule has 0 spiro atoms. The zero-order valence-electron chi connectivity index (χ0n) is 9.03. The van der Waals surface area contributed by atoms with Crippen molar-refractivity contribution >= 4 is 18.0 Å². The highest BCUT2D eigenvalue weighted by Crippen LogP contribution is 2.34. The lowest BCUT2D eigenvalue weighted by atomic mass is 10.0. The summed E-state index contributed by atoms with van der Waals surface area (Å²) < 4.78 is 0. The molecule has 3 N–H and O–H groups in total. The molecule has 18 heavy (non-hydrogen) atoms. The highest BCUT2D eigenvalue weighted by molar-refractivity contribution is 5.89. The fourth-order valence-electron chi connectivity index (χ4n) is 2.01. The van der Waals surface area contributed by atoms with Crippen molar-refractivity contribution in [2.45, 2.75) is 12.6 Å². The van der Waals surface area contributed by atoms with Gasteiger partial charge in [-0.3, -0.25) is 4.90 Å². The van der Waals surface area contributed by atoms with Gasteiger partial charge in [-0.25, -0.2) is 14.4 Å². The van der Waals surface area contributed by atoms with Crippen molar-refractivity contribution in [2.24, 2.45) is 0 Å². The van der Waals surface area contributed by atoms with Crippen LogP contribution in [0.4, 0.5) is 4.79 Å². The molecule has 1 aromatic rings. The molecule has 1 aliphatic rings. The first-order chi connectivity index (χ1) is 8.41. The summed E-state index contributed by atoms with van der Waals surface area (Å²) in [5.74, 6) is -2.51. The maximum absolute atomic E-state index is 11.1. The van der Waals surface area contributed by atoms with Gasteiger partial charge in [-0.1, -0.05) is 6.07 Å². The largest absolute Gasteiger partial charge is 0.479 e. The molecular weight excluding hydrogens is 242 g/mol. The van der Waals surface area contributed by atoms with Crippen LogP contribution in [0, 0.1) is 0 Å². The Morgan fingerprint density at radius 2 is 1.83 bits per heavy atom. The number of amides is 1. The molecule has 0 bridgehead atoms. The Hall–Kier alpha value is -2.57. The van der Waals surface area contributed by atoms with E-state index in [0.29, 0.717) is 5.56 Å². The maximum atomic E-state index is 11.1. The van der Waals surface area contributed by atoms with Crippen LogP contribution in [0.5, 0.6) is 0 Å². The Bertz CT molecular complexity index is 552. The van der Waals surface area contributed by atoms with E-state index in [1.54, 1.807) is 0 Å². The summed E-state index contributed by atoms with van der Waals surface area (Å²) in [4.78, 5) is 33.6. The lowest BCUT2D eigenvalue weighted by Gasteiger charge is -2.17. The number of rotatable bonds is 2. The van der Waals surface area contributed by atoms with E-state index in [0.717, 1.165) is 4.90 Å². The number of benzene rings is 1. The molecule has 7 heteroatoms. The molecule has 1 unspecified atom stereocenters. The van der Waals surface area contributed by atoms with Gasteiger partial charge in [0.25, 0.3) is 0 Å². The van der Waals surface area contributed by atoms with Crippen molar-refractivity contribution in [2.75, 3.05) is 0 Å². The third-order valence-electron chi connectivity index (χ3n) is 2.82. The Kier molecular flexibility index (Phi) is 2.66. The van der Waals surface area contributed by atoms with Gasteiger partial charge in [0.1, 0.15) is 0 Å². The van der Waals surface area contributed by atoms with Gasteiger partial charge in [-0.05, 0) is 23.3 Å². The molecule has 2 rings (SSSR count). The number of hydrogen-bond donors (Lipinski definition) is 3. The van der Waals surface area contributed by atoms with Gasteiger partial charge in [0, 0.05) is 0 Å². The number of hydrogen-bond acceptors (Lipinski definition) is 3. The maximum Gasteiger partial charge on any atom is 0.408 e. The van der Waals surface area contributed by atoms with Gasteiger partial charge in [0.15, 0.2) is 6.04 Å². The van der Waals surface area contributed by atoms with Gasteiger partial charge in [0.05, 0.1) is 12.1 Å². The van der Waals surface area contributed by atoms with E-state index in [2.05, 4.69) is 0 Å². The van der Waals surface area contributed by atoms with Gasteiger partial charge >= 0.3 is 18.0 Å². The van der Waals surface area contributed by atoms with E-state index in [1.807, 2.05) is 0 Å². The molecule has 1 heterocycles. The van der Waals surface area contributed by atoms with E-state index in [-0.39, 0.29) is 17.7 Å². The normalized spacial score (nSPS) is 17.3. The number of aliphatic carboxylic acids is 1. The summed E-state index contributed by atoms with van der Waals surface area (Å²) in [6, 6.07) is 2.62. The van der Waals surface area contributed by atoms with Gasteiger partial charge in [0.2, 0.25) is 0 Å². The van der Waals surface area contributed by atoms with Gasteiger partial charge in [-0.2, -0.15) is 0 Å². The van der Waals surface area contributed by atoms with Crippen LogP contribution in [0.3, 0.4) is 0 Å². The first-order valence-corrected chi connectivity index (χ1v) is 5.00. The second kappa shape index (κ2) is 4.02. The number of nitrogens with zero attached hydrogens (tertiary/aromatic N) is 1. The van der Waals surface area contributed by atoms with Crippen molar-refractivity contribution in [3.05, 3.63) is 34.9 Å². The Morgan fingerprint density at radius 3 is 2.33 bits per heavy atom. The number of carbonyl (C=O) groups is 3. The zero-order chi connectivity index (χ0) is 13.4. The molecule has 0 radical (unpaired) electrons. The summed E-state index contributed by atoms with van der Waals surface area (Å²) in [7, 11) is 0. The zero-order valence-corrected chi connectivity index (χ0v) is 9.03. The minimum absolute atomic E-state index is 0.0540. The van der Waals surface area contributed by atoms with Crippen LogP contribution < -0.4 is 0 Å². The lowest BCUT2D eigenvalue weighted by Crippen LogP contribution is -2.32. The van der Waals surface area contributed by atoms with E-state index >= 15 is 0 Å². The molecule has 0 aromatic heterocycles. The quantitative estimate of drug-likeness (QED) is 0.722. The van der Waals surface area contributed by atoms with Crippen LogP contribution in [0.15, 0.2) is 18.2 Å². The molecule has 1 aliphatic heterocycles. The van der Waals surface area contributed by atoms with Crippen molar-refractivity contribution in [3.8, 4) is 0 Å². The first kappa shape index (κ1) is 11.9. The highest BCUT2D eigenvalue weighted by Gasteiger charge is 2.38. The molecule has 0 saturated heterocycles. The molecule has 1 aromatic carbocycles. The Labute approximate surface area is 101 Å². The summed E-state index contributed by atoms with van der Waals surface area (Å²) in [6.45, 7) is -0.0540. The minimum Gasteiger partial charge on any atom is -0.479 e. The molecule has 0 aliphatic carbocycles. The molecule has 0 saturated carbocycles. The molecule has 1 atom stereocenters. The first-order valence-electron chi connectivity index (χ1n) is 5.00.